The molecule has 0 heterocycles. The zero-order chi connectivity index (χ0) is 72.7. The number of esters is 4. The van der Waals surface area contributed by atoms with E-state index < -0.39 is 97.5 Å². The Balaban J connectivity index is 5.21. The Morgan fingerprint density at radius 3 is 0.859 bits per heavy atom. The first kappa shape index (κ1) is 96.5. The molecule has 0 saturated carbocycles. The van der Waals surface area contributed by atoms with E-state index in [1.807, 2.05) is 0 Å². The van der Waals surface area contributed by atoms with E-state index in [1.54, 1.807) is 0 Å². The maximum absolute atomic E-state index is 13.1. The van der Waals surface area contributed by atoms with Crippen LogP contribution >= 0.6 is 15.6 Å². The first-order chi connectivity index (χ1) is 48.1. The van der Waals surface area contributed by atoms with Crippen molar-refractivity contribution in [2.75, 3.05) is 39.6 Å². The summed E-state index contributed by atoms with van der Waals surface area (Å²) < 4.78 is 68.5. The van der Waals surface area contributed by atoms with Crippen LogP contribution in [0.5, 0.6) is 0 Å². The third-order valence-corrected chi connectivity index (χ3v) is 20.4. The zero-order valence-electron chi connectivity index (χ0n) is 64.1. The molecule has 0 aliphatic carbocycles. The van der Waals surface area contributed by atoms with Gasteiger partial charge in [0.15, 0.2) is 12.2 Å². The molecule has 0 fully saturated rings. The summed E-state index contributed by atoms with van der Waals surface area (Å²) in [6.45, 7) is 7.24. The van der Waals surface area contributed by atoms with Crippen molar-refractivity contribution in [2.24, 2.45) is 5.92 Å². The molecule has 17 nitrogen and oxygen atoms in total. The molecular weight excluding hydrogens is 1290 g/mol. The summed E-state index contributed by atoms with van der Waals surface area (Å²) >= 11 is 0. The Labute approximate surface area is 605 Å². The quantitative estimate of drug-likeness (QED) is 0.0169. The Bertz CT molecular complexity index is 1990. The van der Waals surface area contributed by atoms with Crippen molar-refractivity contribution in [3.8, 4) is 0 Å². The van der Waals surface area contributed by atoms with Gasteiger partial charge in [-0.05, 0) is 57.3 Å². The van der Waals surface area contributed by atoms with E-state index >= 15 is 0 Å². The molecule has 3 unspecified atom stereocenters. The fraction of sp³-hybridized carbons (Fsp3) is 0.900. The van der Waals surface area contributed by atoms with E-state index in [1.165, 1.54) is 199 Å². The number of aliphatic hydroxyl groups excluding tert-OH is 1. The number of ether oxygens (including phenoxy) is 4. The maximum atomic E-state index is 13.1. The van der Waals surface area contributed by atoms with E-state index in [-0.39, 0.29) is 25.7 Å². The van der Waals surface area contributed by atoms with Gasteiger partial charge in [-0.3, -0.25) is 37.3 Å². The highest BCUT2D eigenvalue weighted by molar-refractivity contribution is 7.47. The molecule has 0 aliphatic heterocycles. The number of phosphoric ester groups is 2. The Morgan fingerprint density at radius 1 is 0.323 bits per heavy atom. The van der Waals surface area contributed by atoms with Crippen molar-refractivity contribution in [2.45, 2.75) is 419 Å². The van der Waals surface area contributed by atoms with Crippen LogP contribution in [0.4, 0.5) is 0 Å². The molecule has 19 heteroatoms. The molecule has 0 aliphatic rings. The number of hydrogen-bond donors (Lipinski definition) is 3. The molecule has 0 bridgehead atoms. The van der Waals surface area contributed by atoms with Crippen LogP contribution < -0.4 is 0 Å². The van der Waals surface area contributed by atoms with Gasteiger partial charge in [-0.25, -0.2) is 9.13 Å². The summed E-state index contributed by atoms with van der Waals surface area (Å²) in [5.41, 5.74) is 0. The smallest absolute Gasteiger partial charge is 0.462 e. The van der Waals surface area contributed by atoms with Crippen LogP contribution in [-0.4, -0.2) is 96.7 Å². The summed E-state index contributed by atoms with van der Waals surface area (Å²) in [6, 6.07) is 0. The highest BCUT2D eigenvalue weighted by atomic mass is 31.2. The van der Waals surface area contributed by atoms with Crippen LogP contribution in [0.1, 0.15) is 401 Å². The topological polar surface area (TPSA) is 237 Å². The van der Waals surface area contributed by atoms with Crippen LogP contribution in [-0.2, 0) is 65.4 Å². The molecule has 584 valence electrons. The van der Waals surface area contributed by atoms with Crippen LogP contribution in [0.25, 0.3) is 0 Å². The Morgan fingerprint density at radius 2 is 0.566 bits per heavy atom. The predicted octanol–water partition coefficient (Wildman–Crippen LogP) is 23.6. The normalized spacial score (nSPS) is 14.3. The van der Waals surface area contributed by atoms with Gasteiger partial charge < -0.3 is 33.8 Å². The number of aliphatic hydroxyl groups is 1. The van der Waals surface area contributed by atoms with Gasteiger partial charge in [-0.1, -0.05) is 348 Å². The van der Waals surface area contributed by atoms with Gasteiger partial charge >= 0.3 is 39.5 Å². The molecule has 0 aromatic heterocycles. The van der Waals surface area contributed by atoms with Gasteiger partial charge in [-0.15, -0.1) is 0 Å². The molecule has 0 rings (SSSR count). The number of hydrogen-bond acceptors (Lipinski definition) is 15. The first-order valence-corrected chi connectivity index (χ1v) is 44.0. The Kier molecular flexibility index (Phi) is 70.7. The summed E-state index contributed by atoms with van der Waals surface area (Å²) in [5, 5.41) is 10.6. The number of carbonyl (C=O) groups is 4. The second kappa shape index (κ2) is 72.5. The van der Waals surface area contributed by atoms with E-state index in [9.17, 15) is 43.2 Å². The fourth-order valence-electron chi connectivity index (χ4n) is 11.8. The molecule has 0 spiro atoms. The lowest BCUT2D eigenvalue weighted by atomic mass is 9.99. The van der Waals surface area contributed by atoms with Gasteiger partial charge in [0.25, 0.3) is 0 Å². The van der Waals surface area contributed by atoms with Crippen LogP contribution in [0.15, 0.2) is 24.3 Å². The summed E-state index contributed by atoms with van der Waals surface area (Å²) in [6.07, 6.45) is 66.1. The third kappa shape index (κ3) is 72.3. The van der Waals surface area contributed by atoms with Crippen molar-refractivity contribution >= 4 is 39.5 Å². The first-order valence-electron chi connectivity index (χ1n) is 41.0. The molecule has 0 aromatic carbocycles. The molecule has 0 saturated heterocycles. The number of phosphoric acid groups is 2. The summed E-state index contributed by atoms with van der Waals surface area (Å²) in [5.74, 6) is -1.34. The molecule has 99 heavy (non-hydrogen) atoms. The second-order valence-electron chi connectivity index (χ2n) is 28.4. The minimum Gasteiger partial charge on any atom is -0.462 e. The number of rotatable bonds is 78. The molecule has 0 aromatic rings. The van der Waals surface area contributed by atoms with Gasteiger partial charge in [0.1, 0.15) is 19.3 Å². The van der Waals surface area contributed by atoms with Gasteiger partial charge in [0.05, 0.1) is 26.4 Å². The van der Waals surface area contributed by atoms with Crippen molar-refractivity contribution < 1.29 is 80.2 Å². The van der Waals surface area contributed by atoms with Crippen molar-refractivity contribution in [1.82, 2.24) is 0 Å². The second-order valence-corrected chi connectivity index (χ2v) is 31.3. The lowest BCUT2D eigenvalue weighted by molar-refractivity contribution is -0.161. The SMILES string of the molecule is CCCCCC/C=C\C=C/CCCCCCCC(=O)OC[C@H](COP(=O)(O)OC[C@@H](O)COP(=O)(O)OC[C@@H](COC(=O)CCCCCCCCCC)OC(=O)CCCCCCCCCCCCC(C)CC)OC(=O)CCCCCCCCCCCCCCCCCCCCCCCC. The third-order valence-electron chi connectivity index (χ3n) is 18.5. The van der Waals surface area contributed by atoms with E-state index in [0.29, 0.717) is 25.7 Å². The van der Waals surface area contributed by atoms with Crippen molar-refractivity contribution in [1.29, 1.82) is 0 Å². The highest BCUT2D eigenvalue weighted by Crippen LogP contribution is 2.45. The summed E-state index contributed by atoms with van der Waals surface area (Å²) in [4.78, 5) is 72.8. The fourth-order valence-corrected chi connectivity index (χ4v) is 13.4. The van der Waals surface area contributed by atoms with Gasteiger partial charge in [0, 0.05) is 25.7 Å². The van der Waals surface area contributed by atoms with Crippen molar-refractivity contribution in [3.05, 3.63) is 24.3 Å². The summed E-state index contributed by atoms with van der Waals surface area (Å²) in [7, 11) is -9.92. The van der Waals surface area contributed by atoms with Crippen LogP contribution in [0, 0.1) is 5.92 Å². The van der Waals surface area contributed by atoms with Crippen LogP contribution in [0.3, 0.4) is 0 Å². The minimum atomic E-state index is -4.97. The number of allylic oxidation sites excluding steroid dienone is 4. The molecular formula is C80H152O17P2. The Hall–Kier alpha value is -2.46. The predicted molar refractivity (Wildman–Crippen MR) is 404 cm³/mol. The van der Waals surface area contributed by atoms with Crippen molar-refractivity contribution in [3.63, 3.8) is 0 Å². The average molecular weight is 1450 g/mol. The molecule has 0 radical (unpaired) electrons. The number of carbonyl (C=O) groups excluding carboxylic acids is 4. The molecule has 0 amide bonds. The highest BCUT2D eigenvalue weighted by Gasteiger charge is 2.30. The largest absolute Gasteiger partial charge is 0.472 e. The number of unbranched alkanes of at least 4 members (excludes halogenated alkanes) is 46. The maximum Gasteiger partial charge on any atom is 0.472 e. The lowest BCUT2D eigenvalue weighted by Crippen LogP contribution is -2.30. The zero-order valence-corrected chi connectivity index (χ0v) is 65.9. The van der Waals surface area contributed by atoms with Gasteiger partial charge in [-0.2, -0.15) is 0 Å². The minimum absolute atomic E-state index is 0.102. The standard InChI is InChI=1S/C80H152O17P2/c1-6-10-13-16-19-22-24-26-28-29-30-31-32-33-34-36-38-40-45-50-55-60-65-79(84)97-76(70-91-78(83)64-59-54-49-44-39-37-35-27-25-23-20-17-14-11-7-2)72-95-99(88,89)93-68-74(81)67-92-98(86,87)94-71-75(69-90-77(82)63-58-53-48-21-18-15-12-8-3)96-80(85)66-61-56-51-46-42-41-43-47-52-57-62-73(5)9-4/h23,25,27,35,73-76,81H,6-22,24,26,28-34,36-72H2,1-5H3,(H,86,87)(H,88,89)/b25-23-,35-27-/t73?,74-,75+,76+/m0/s1. The van der Waals surface area contributed by atoms with E-state index in [0.717, 1.165) is 121 Å². The van der Waals surface area contributed by atoms with Gasteiger partial charge in [0.2, 0.25) is 0 Å². The molecule has 6 atom stereocenters. The average Bonchev–Trinajstić information content (AvgIpc) is 1.04. The monoisotopic (exact) mass is 1450 g/mol. The lowest BCUT2D eigenvalue weighted by Gasteiger charge is -2.21. The van der Waals surface area contributed by atoms with E-state index in [4.69, 9.17) is 37.0 Å². The molecule has 3 N–H and O–H groups in total. The van der Waals surface area contributed by atoms with E-state index in [2.05, 4.69) is 58.9 Å². The van der Waals surface area contributed by atoms with Crippen LogP contribution in [0.2, 0.25) is 0 Å².